The predicted molar refractivity (Wildman–Crippen MR) is 206 cm³/mol. The Labute approximate surface area is 321 Å². The minimum Gasteiger partial charge on any atom is -0.432 e. The Hall–Kier alpha value is -6.20. The molecule has 0 N–H and O–H groups in total. The van der Waals surface area contributed by atoms with E-state index in [2.05, 4.69) is 40.9 Å². The first-order valence-electron chi connectivity index (χ1n) is 17.5. The van der Waals surface area contributed by atoms with Crippen molar-refractivity contribution in [2.75, 3.05) is 26.4 Å². The van der Waals surface area contributed by atoms with E-state index in [4.69, 9.17) is 33.2 Å². The SMILES string of the molecule is C=C(C)C(=O)Oc1ccc(C(C)(C)c2ccc(OC(=O)OCCOCCOC(=O)Oc3ccc(C(C)(C)c4ccc(OC(=O)C(=C)C)cc4)cc3)cc2)cc1. The molecule has 0 aliphatic rings. The van der Waals surface area contributed by atoms with Gasteiger partial charge < -0.3 is 33.2 Å². The highest BCUT2D eigenvalue weighted by molar-refractivity contribution is 5.89. The third-order valence-electron chi connectivity index (χ3n) is 8.72. The summed E-state index contributed by atoms with van der Waals surface area (Å²) < 4.78 is 36.6. The summed E-state index contributed by atoms with van der Waals surface area (Å²) in [5.41, 5.74) is 3.80. The van der Waals surface area contributed by atoms with Gasteiger partial charge in [-0.25, -0.2) is 19.2 Å². The highest BCUT2D eigenvalue weighted by atomic mass is 16.7. The van der Waals surface area contributed by atoms with Crippen molar-refractivity contribution in [2.24, 2.45) is 0 Å². The Kier molecular flexibility index (Phi) is 14.1. The van der Waals surface area contributed by atoms with Crippen molar-refractivity contribution in [2.45, 2.75) is 52.4 Å². The van der Waals surface area contributed by atoms with Crippen molar-refractivity contribution in [3.63, 3.8) is 0 Å². The fourth-order valence-electron chi connectivity index (χ4n) is 5.20. The Morgan fingerprint density at radius 3 is 0.945 bits per heavy atom. The third kappa shape index (κ3) is 11.9. The number of rotatable bonds is 16. The topological polar surface area (TPSA) is 133 Å². The van der Waals surface area contributed by atoms with Crippen LogP contribution in [0.3, 0.4) is 0 Å². The summed E-state index contributed by atoms with van der Waals surface area (Å²) in [5.74, 6) is 0.529. The zero-order valence-corrected chi connectivity index (χ0v) is 32.0. The van der Waals surface area contributed by atoms with E-state index in [1.165, 1.54) is 0 Å². The summed E-state index contributed by atoms with van der Waals surface area (Å²) in [6.07, 6.45) is -1.77. The lowest BCUT2D eigenvalue weighted by atomic mass is 9.78. The lowest BCUT2D eigenvalue weighted by molar-refractivity contribution is -0.130. The van der Waals surface area contributed by atoms with Crippen molar-refractivity contribution < 1.29 is 52.3 Å². The second kappa shape index (κ2) is 18.7. The molecule has 0 saturated heterocycles. The average Bonchev–Trinajstić information content (AvgIpc) is 3.15. The molecule has 0 saturated carbocycles. The molecule has 4 aromatic rings. The molecule has 288 valence electrons. The quantitative estimate of drug-likeness (QED) is 0.0357. The van der Waals surface area contributed by atoms with Gasteiger partial charge in [0.05, 0.1) is 13.2 Å². The maximum Gasteiger partial charge on any atom is 0.513 e. The van der Waals surface area contributed by atoms with Crippen molar-refractivity contribution in [3.8, 4) is 23.0 Å². The van der Waals surface area contributed by atoms with Crippen LogP contribution in [0.5, 0.6) is 23.0 Å². The summed E-state index contributed by atoms with van der Waals surface area (Å²) >= 11 is 0. The first-order valence-corrected chi connectivity index (χ1v) is 17.5. The van der Waals surface area contributed by atoms with Crippen LogP contribution in [0.15, 0.2) is 121 Å². The molecule has 0 atom stereocenters. The second-order valence-corrected chi connectivity index (χ2v) is 13.7. The van der Waals surface area contributed by atoms with Gasteiger partial charge in [0.15, 0.2) is 0 Å². The van der Waals surface area contributed by atoms with E-state index in [0.717, 1.165) is 22.3 Å². The van der Waals surface area contributed by atoms with E-state index in [1.54, 1.807) is 62.4 Å². The Balaban J connectivity index is 1.12. The minimum absolute atomic E-state index is 0.0610. The molecule has 0 fully saturated rings. The zero-order valence-electron chi connectivity index (χ0n) is 32.0. The van der Waals surface area contributed by atoms with Crippen LogP contribution in [-0.4, -0.2) is 50.7 Å². The third-order valence-corrected chi connectivity index (χ3v) is 8.72. The zero-order chi connectivity index (χ0) is 40.2. The Morgan fingerprint density at radius 2 is 0.691 bits per heavy atom. The summed E-state index contributed by atoms with van der Waals surface area (Å²) in [4.78, 5) is 47.9. The molecule has 55 heavy (non-hydrogen) atoms. The number of ether oxygens (including phenoxy) is 7. The largest absolute Gasteiger partial charge is 0.513 e. The van der Waals surface area contributed by atoms with Crippen LogP contribution in [0, 0.1) is 0 Å². The highest BCUT2D eigenvalue weighted by Gasteiger charge is 2.25. The summed E-state index contributed by atoms with van der Waals surface area (Å²) in [6, 6.07) is 28.6. The Morgan fingerprint density at radius 1 is 0.436 bits per heavy atom. The molecule has 0 spiro atoms. The first kappa shape index (κ1) is 41.6. The van der Waals surface area contributed by atoms with Gasteiger partial charge in [0.2, 0.25) is 0 Å². The van der Waals surface area contributed by atoms with Gasteiger partial charge >= 0.3 is 24.2 Å². The summed E-state index contributed by atoms with van der Waals surface area (Å²) in [5, 5.41) is 0. The van der Waals surface area contributed by atoms with Crippen LogP contribution in [0.4, 0.5) is 9.59 Å². The first-order chi connectivity index (χ1) is 26.1. The summed E-state index contributed by atoms with van der Waals surface area (Å²) in [7, 11) is 0. The number of benzene rings is 4. The van der Waals surface area contributed by atoms with E-state index in [0.29, 0.717) is 34.1 Å². The van der Waals surface area contributed by atoms with E-state index in [-0.39, 0.29) is 37.3 Å². The maximum absolute atomic E-state index is 12.2. The van der Waals surface area contributed by atoms with Gasteiger partial charge in [0, 0.05) is 22.0 Å². The van der Waals surface area contributed by atoms with Crippen molar-refractivity contribution in [1.82, 2.24) is 0 Å². The molecule has 0 heterocycles. The predicted octanol–water partition coefficient (Wildman–Crippen LogP) is 9.05. The molecule has 4 aromatic carbocycles. The summed E-state index contributed by atoms with van der Waals surface area (Å²) in [6.45, 7) is 18.6. The molecule has 0 aliphatic carbocycles. The van der Waals surface area contributed by atoms with Crippen LogP contribution in [0.2, 0.25) is 0 Å². The van der Waals surface area contributed by atoms with Crippen LogP contribution in [0.25, 0.3) is 0 Å². The van der Waals surface area contributed by atoms with Crippen molar-refractivity contribution in [1.29, 1.82) is 0 Å². The molecule has 0 aromatic heterocycles. The van der Waals surface area contributed by atoms with E-state index in [1.807, 2.05) is 48.5 Å². The van der Waals surface area contributed by atoms with Gasteiger partial charge in [-0.3, -0.25) is 0 Å². The molecule has 0 radical (unpaired) electrons. The van der Waals surface area contributed by atoms with Gasteiger partial charge in [-0.1, -0.05) is 89.4 Å². The van der Waals surface area contributed by atoms with Gasteiger partial charge in [-0.05, 0) is 84.6 Å². The molecule has 11 nitrogen and oxygen atoms in total. The van der Waals surface area contributed by atoms with Gasteiger partial charge in [0.1, 0.15) is 36.2 Å². The maximum atomic E-state index is 12.2. The number of esters is 2. The lowest BCUT2D eigenvalue weighted by Gasteiger charge is -2.26. The van der Waals surface area contributed by atoms with Gasteiger partial charge in [-0.15, -0.1) is 0 Å². The number of carbonyl (C=O) groups excluding carboxylic acids is 4. The minimum atomic E-state index is -0.885. The molecule has 0 bridgehead atoms. The molecule has 0 unspecified atom stereocenters. The second-order valence-electron chi connectivity index (χ2n) is 13.7. The molecule has 0 amide bonds. The molecule has 4 rings (SSSR count). The fourth-order valence-corrected chi connectivity index (χ4v) is 5.20. The lowest BCUT2D eigenvalue weighted by Crippen LogP contribution is -2.19. The van der Waals surface area contributed by atoms with Crippen molar-refractivity contribution >= 4 is 24.2 Å². The van der Waals surface area contributed by atoms with E-state index >= 15 is 0 Å². The smallest absolute Gasteiger partial charge is 0.432 e. The molecule has 0 aliphatic heterocycles. The highest BCUT2D eigenvalue weighted by Crippen LogP contribution is 2.35. The van der Waals surface area contributed by atoms with Crippen molar-refractivity contribution in [3.05, 3.63) is 144 Å². The number of carbonyl (C=O) groups is 4. The van der Waals surface area contributed by atoms with E-state index in [9.17, 15) is 19.2 Å². The van der Waals surface area contributed by atoms with Crippen LogP contribution >= 0.6 is 0 Å². The van der Waals surface area contributed by atoms with Crippen LogP contribution in [0.1, 0.15) is 63.8 Å². The standard InChI is InChI=1S/C44H46O11/c1-29(2)39(45)52-35-17-9-31(10-18-35)43(5,6)33-13-21-37(22-14-33)54-41(47)50-27-25-49-26-28-51-42(48)55-38-23-15-34(16-24-38)44(7,8)32-11-19-36(20-12-32)53-40(46)30(3)4/h9-24H,1,3,25-28H2,2,4-8H3. The average molecular weight is 751 g/mol. The van der Waals surface area contributed by atoms with Gasteiger partial charge in [0.25, 0.3) is 0 Å². The van der Waals surface area contributed by atoms with Crippen LogP contribution < -0.4 is 18.9 Å². The van der Waals surface area contributed by atoms with Crippen LogP contribution in [-0.2, 0) is 34.6 Å². The Bertz CT molecular complexity index is 1830. The fraction of sp³-hybridized carbons (Fsp3) is 0.273. The molecular formula is C44H46O11. The molecular weight excluding hydrogens is 704 g/mol. The monoisotopic (exact) mass is 750 g/mol. The molecule has 11 heteroatoms. The van der Waals surface area contributed by atoms with Gasteiger partial charge in [-0.2, -0.15) is 0 Å². The number of hydrogen-bond acceptors (Lipinski definition) is 11. The van der Waals surface area contributed by atoms with E-state index < -0.39 is 24.2 Å². The number of hydrogen-bond donors (Lipinski definition) is 0. The normalized spacial score (nSPS) is 11.2.